The summed E-state index contributed by atoms with van der Waals surface area (Å²) in [4.78, 5) is 11.3. The molecule has 0 amide bonds. The summed E-state index contributed by atoms with van der Waals surface area (Å²) in [7, 11) is 1.42. The number of esters is 1. The second-order valence-electron chi connectivity index (χ2n) is 3.85. The Hall–Kier alpha value is -0.880. The molecular formula is C10H14BrN3O2. The lowest BCUT2D eigenvalue weighted by molar-refractivity contribution is -0.143. The normalized spacial score (nSPS) is 25.4. The number of rotatable bonds is 2. The Kier molecular flexibility index (Phi) is 3.60. The van der Waals surface area contributed by atoms with Gasteiger partial charge in [0.2, 0.25) is 0 Å². The van der Waals surface area contributed by atoms with E-state index in [-0.39, 0.29) is 12.0 Å². The predicted molar refractivity (Wildman–Crippen MR) is 62.0 cm³/mol. The second-order valence-corrected chi connectivity index (χ2v) is 4.77. The zero-order chi connectivity index (χ0) is 11.5. The number of hydrogen-bond acceptors (Lipinski definition) is 4. The Balaban J connectivity index is 1.92. The van der Waals surface area contributed by atoms with Crippen molar-refractivity contribution in [1.29, 1.82) is 0 Å². The minimum Gasteiger partial charge on any atom is -0.468 e. The Morgan fingerprint density at radius 2 is 2.50 bits per heavy atom. The maximum atomic E-state index is 11.3. The molecule has 0 aliphatic carbocycles. The standard InChI is InChI=1S/C10H14BrN3O2/c1-16-10(15)9-3-2-8(5-12-9)14-6-7(11)4-13-14/h4,6,8-9,12H,2-3,5H2,1H3. The largest absolute Gasteiger partial charge is 0.468 e. The average Bonchev–Trinajstić information content (AvgIpc) is 2.75. The quantitative estimate of drug-likeness (QED) is 0.828. The molecule has 1 N–H and O–H groups in total. The summed E-state index contributed by atoms with van der Waals surface area (Å²) in [6.45, 7) is 0.744. The van der Waals surface area contributed by atoms with Crippen LogP contribution in [0.2, 0.25) is 0 Å². The molecule has 2 unspecified atom stereocenters. The molecule has 16 heavy (non-hydrogen) atoms. The van der Waals surface area contributed by atoms with E-state index in [2.05, 4.69) is 26.3 Å². The van der Waals surface area contributed by atoms with Gasteiger partial charge in [-0.1, -0.05) is 0 Å². The second kappa shape index (κ2) is 4.97. The fraction of sp³-hybridized carbons (Fsp3) is 0.600. The molecule has 1 aliphatic rings. The monoisotopic (exact) mass is 287 g/mol. The molecule has 6 heteroatoms. The van der Waals surface area contributed by atoms with Crippen molar-refractivity contribution in [2.75, 3.05) is 13.7 Å². The van der Waals surface area contributed by atoms with Gasteiger partial charge in [0, 0.05) is 12.7 Å². The van der Waals surface area contributed by atoms with Crippen molar-refractivity contribution in [2.24, 2.45) is 0 Å². The third kappa shape index (κ3) is 2.44. The van der Waals surface area contributed by atoms with Gasteiger partial charge in [-0.2, -0.15) is 5.10 Å². The van der Waals surface area contributed by atoms with Crippen LogP contribution in [0.4, 0.5) is 0 Å². The number of carbonyl (C=O) groups is 1. The summed E-state index contributed by atoms with van der Waals surface area (Å²) < 4.78 is 7.60. The maximum Gasteiger partial charge on any atom is 0.322 e. The number of methoxy groups -OCH3 is 1. The van der Waals surface area contributed by atoms with Gasteiger partial charge in [-0.3, -0.25) is 9.48 Å². The lowest BCUT2D eigenvalue weighted by Gasteiger charge is -2.28. The number of carbonyl (C=O) groups excluding carboxylic acids is 1. The Morgan fingerprint density at radius 1 is 1.69 bits per heavy atom. The van der Waals surface area contributed by atoms with Gasteiger partial charge in [0.05, 0.1) is 23.8 Å². The van der Waals surface area contributed by atoms with E-state index in [9.17, 15) is 4.79 Å². The van der Waals surface area contributed by atoms with Crippen molar-refractivity contribution in [2.45, 2.75) is 24.9 Å². The predicted octanol–water partition coefficient (Wildman–Crippen LogP) is 1.11. The van der Waals surface area contributed by atoms with Crippen LogP contribution in [0.25, 0.3) is 0 Å². The molecule has 2 atom stereocenters. The van der Waals surface area contributed by atoms with Crippen LogP contribution in [0.3, 0.4) is 0 Å². The summed E-state index contributed by atoms with van der Waals surface area (Å²) in [6.07, 6.45) is 5.44. The van der Waals surface area contributed by atoms with Crippen LogP contribution < -0.4 is 5.32 Å². The number of nitrogens with one attached hydrogen (secondary N) is 1. The number of aromatic nitrogens is 2. The van der Waals surface area contributed by atoms with E-state index in [0.717, 1.165) is 23.9 Å². The molecule has 0 saturated carbocycles. The molecule has 0 spiro atoms. The van der Waals surface area contributed by atoms with Crippen molar-refractivity contribution < 1.29 is 9.53 Å². The number of hydrogen-bond donors (Lipinski definition) is 1. The van der Waals surface area contributed by atoms with Crippen molar-refractivity contribution in [3.05, 3.63) is 16.9 Å². The number of piperidine rings is 1. The van der Waals surface area contributed by atoms with Crippen LogP contribution in [0.1, 0.15) is 18.9 Å². The van der Waals surface area contributed by atoms with Crippen LogP contribution in [0, 0.1) is 0 Å². The molecular weight excluding hydrogens is 274 g/mol. The van der Waals surface area contributed by atoms with Gasteiger partial charge >= 0.3 is 5.97 Å². The van der Waals surface area contributed by atoms with E-state index in [1.54, 1.807) is 6.20 Å². The SMILES string of the molecule is COC(=O)C1CCC(n2cc(Br)cn2)CN1. The molecule has 1 aromatic rings. The molecule has 88 valence electrons. The molecule has 1 fully saturated rings. The molecule has 1 saturated heterocycles. The summed E-state index contributed by atoms with van der Waals surface area (Å²) in [5, 5.41) is 7.42. The molecule has 0 aromatic carbocycles. The van der Waals surface area contributed by atoms with E-state index in [4.69, 9.17) is 4.74 Å². The van der Waals surface area contributed by atoms with Crippen LogP contribution >= 0.6 is 15.9 Å². The van der Waals surface area contributed by atoms with Gasteiger partial charge in [-0.25, -0.2) is 0 Å². The fourth-order valence-electron chi connectivity index (χ4n) is 1.93. The van der Waals surface area contributed by atoms with Crippen LogP contribution in [0.5, 0.6) is 0 Å². The third-order valence-corrected chi connectivity index (χ3v) is 3.23. The van der Waals surface area contributed by atoms with E-state index in [0.29, 0.717) is 6.04 Å². The Bertz CT molecular complexity index is 372. The first kappa shape index (κ1) is 11.6. The summed E-state index contributed by atoms with van der Waals surface area (Å²) in [5.74, 6) is -0.180. The zero-order valence-corrected chi connectivity index (χ0v) is 10.6. The average molecular weight is 288 g/mol. The van der Waals surface area contributed by atoms with E-state index >= 15 is 0 Å². The fourth-order valence-corrected chi connectivity index (χ4v) is 2.23. The Labute approximate surface area is 102 Å². The van der Waals surface area contributed by atoms with Crippen molar-refractivity contribution >= 4 is 21.9 Å². The van der Waals surface area contributed by atoms with Gasteiger partial charge in [0.1, 0.15) is 6.04 Å². The molecule has 0 bridgehead atoms. The lowest BCUT2D eigenvalue weighted by atomic mass is 10.0. The van der Waals surface area contributed by atoms with Gasteiger partial charge in [-0.15, -0.1) is 0 Å². The van der Waals surface area contributed by atoms with Crippen LogP contribution in [0.15, 0.2) is 16.9 Å². The smallest absolute Gasteiger partial charge is 0.322 e. The van der Waals surface area contributed by atoms with E-state index in [1.807, 2.05) is 10.9 Å². The van der Waals surface area contributed by atoms with E-state index in [1.165, 1.54) is 7.11 Å². The number of nitrogens with zero attached hydrogens (tertiary/aromatic N) is 2. The van der Waals surface area contributed by atoms with Crippen LogP contribution in [-0.4, -0.2) is 35.4 Å². The zero-order valence-electron chi connectivity index (χ0n) is 9.02. The molecule has 2 rings (SSSR count). The first-order chi connectivity index (χ1) is 7.70. The van der Waals surface area contributed by atoms with Crippen LogP contribution in [-0.2, 0) is 9.53 Å². The summed E-state index contributed by atoms with van der Waals surface area (Å²) in [6, 6.07) is 0.146. The molecule has 1 aromatic heterocycles. The summed E-state index contributed by atoms with van der Waals surface area (Å²) in [5.41, 5.74) is 0. The minimum atomic E-state index is -0.180. The molecule has 1 aliphatic heterocycles. The van der Waals surface area contributed by atoms with Crippen molar-refractivity contribution in [3.8, 4) is 0 Å². The molecule has 2 heterocycles. The van der Waals surface area contributed by atoms with Crippen molar-refractivity contribution in [3.63, 3.8) is 0 Å². The van der Waals surface area contributed by atoms with Gasteiger partial charge in [-0.05, 0) is 28.8 Å². The topological polar surface area (TPSA) is 56.2 Å². The summed E-state index contributed by atoms with van der Waals surface area (Å²) >= 11 is 3.37. The number of ether oxygens (including phenoxy) is 1. The first-order valence-electron chi connectivity index (χ1n) is 5.21. The first-order valence-corrected chi connectivity index (χ1v) is 6.01. The number of halogens is 1. The highest BCUT2D eigenvalue weighted by atomic mass is 79.9. The third-order valence-electron chi connectivity index (χ3n) is 2.82. The molecule has 0 radical (unpaired) electrons. The highest BCUT2D eigenvalue weighted by Crippen LogP contribution is 2.21. The maximum absolute atomic E-state index is 11.3. The lowest BCUT2D eigenvalue weighted by Crippen LogP contribution is -2.45. The molecule has 5 nitrogen and oxygen atoms in total. The van der Waals surface area contributed by atoms with Crippen molar-refractivity contribution in [1.82, 2.24) is 15.1 Å². The minimum absolute atomic E-state index is 0.166. The van der Waals surface area contributed by atoms with Gasteiger partial charge in [0.25, 0.3) is 0 Å². The van der Waals surface area contributed by atoms with E-state index < -0.39 is 0 Å². The highest BCUT2D eigenvalue weighted by molar-refractivity contribution is 9.10. The van der Waals surface area contributed by atoms with Gasteiger partial charge < -0.3 is 10.1 Å². The highest BCUT2D eigenvalue weighted by Gasteiger charge is 2.27. The Morgan fingerprint density at radius 3 is 3.00 bits per heavy atom. The van der Waals surface area contributed by atoms with Gasteiger partial charge in [0.15, 0.2) is 0 Å².